The van der Waals surface area contributed by atoms with Gasteiger partial charge in [-0.25, -0.2) is 19.9 Å². The Morgan fingerprint density at radius 3 is 2.14 bits per heavy atom. The highest BCUT2D eigenvalue weighted by atomic mass is 14.9. The van der Waals surface area contributed by atoms with Gasteiger partial charge in [-0.15, -0.1) is 0 Å². The summed E-state index contributed by atoms with van der Waals surface area (Å²) in [5, 5.41) is 0. The molecule has 2 heterocycles. The van der Waals surface area contributed by atoms with E-state index in [0.717, 1.165) is 17.2 Å². The van der Waals surface area contributed by atoms with Crippen LogP contribution in [-0.4, -0.2) is 19.9 Å². The van der Waals surface area contributed by atoms with Crippen molar-refractivity contribution in [2.75, 3.05) is 0 Å². The van der Waals surface area contributed by atoms with Crippen molar-refractivity contribution in [2.24, 2.45) is 0 Å². The third-order valence-corrected chi connectivity index (χ3v) is 1.77. The fraction of sp³-hybridized carbons (Fsp3) is 0.200. The SMILES string of the molecule is Cc1cnc(Cc2ncccn2)nc1. The van der Waals surface area contributed by atoms with Crippen LogP contribution in [0.4, 0.5) is 0 Å². The van der Waals surface area contributed by atoms with Gasteiger partial charge in [0.05, 0.1) is 6.42 Å². The maximum absolute atomic E-state index is 4.18. The van der Waals surface area contributed by atoms with Crippen molar-refractivity contribution in [2.45, 2.75) is 13.3 Å². The molecule has 0 aromatic carbocycles. The van der Waals surface area contributed by atoms with E-state index < -0.39 is 0 Å². The first-order valence-corrected chi connectivity index (χ1v) is 4.38. The predicted octanol–water partition coefficient (Wildman–Crippen LogP) is 1.17. The highest BCUT2D eigenvalue weighted by molar-refractivity contribution is 5.05. The number of hydrogen-bond donors (Lipinski definition) is 0. The molecule has 0 saturated heterocycles. The van der Waals surface area contributed by atoms with Gasteiger partial charge in [0.2, 0.25) is 0 Å². The first-order valence-electron chi connectivity index (χ1n) is 4.38. The van der Waals surface area contributed by atoms with Gasteiger partial charge in [0.1, 0.15) is 11.6 Å². The summed E-state index contributed by atoms with van der Waals surface area (Å²) in [6, 6.07) is 1.79. The van der Waals surface area contributed by atoms with Crippen molar-refractivity contribution >= 4 is 0 Å². The Balaban J connectivity index is 2.16. The van der Waals surface area contributed by atoms with Crippen LogP contribution in [0.2, 0.25) is 0 Å². The lowest BCUT2D eigenvalue weighted by atomic mass is 10.3. The minimum Gasteiger partial charge on any atom is -0.241 e. The Morgan fingerprint density at radius 2 is 1.50 bits per heavy atom. The monoisotopic (exact) mass is 186 g/mol. The van der Waals surface area contributed by atoms with Gasteiger partial charge < -0.3 is 0 Å². The van der Waals surface area contributed by atoms with Gasteiger partial charge in [-0.2, -0.15) is 0 Å². The van der Waals surface area contributed by atoms with Gasteiger partial charge in [0.15, 0.2) is 0 Å². The van der Waals surface area contributed by atoms with E-state index >= 15 is 0 Å². The second-order valence-electron chi connectivity index (χ2n) is 3.02. The third kappa shape index (κ3) is 2.10. The van der Waals surface area contributed by atoms with Crippen LogP contribution < -0.4 is 0 Å². The Kier molecular flexibility index (Phi) is 2.44. The molecule has 70 valence electrons. The molecule has 0 saturated carbocycles. The molecule has 2 aromatic heterocycles. The molecule has 0 bridgehead atoms. The first-order chi connectivity index (χ1) is 6.84. The average Bonchev–Trinajstić information content (AvgIpc) is 2.23. The van der Waals surface area contributed by atoms with Gasteiger partial charge in [0.25, 0.3) is 0 Å². The summed E-state index contributed by atoms with van der Waals surface area (Å²) in [5.74, 6) is 1.50. The molecule has 0 amide bonds. The van der Waals surface area contributed by atoms with Crippen molar-refractivity contribution in [1.82, 2.24) is 19.9 Å². The van der Waals surface area contributed by atoms with Crippen LogP contribution in [-0.2, 0) is 6.42 Å². The van der Waals surface area contributed by atoms with Crippen LogP contribution in [0.1, 0.15) is 17.2 Å². The lowest BCUT2D eigenvalue weighted by molar-refractivity contribution is 0.882. The van der Waals surface area contributed by atoms with Crippen LogP contribution in [0.5, 0.6) is 0 Å². The Morgan fingerprint density at radius 1 is 0.929 bits per heavy atom. The molecule has 0 atom stereocenters. The number of rotatable bonds is 2. The Labute approximate surface area is 82.1 Å². The molecule has 2 aromatic rings. The summed E-state index contributed by atoms with van der Waals surface area (Å²) in [6.07, 6.45) is 7.62. The largest absolute Gasteiger partial charge is 0.241 e. The second kappa shape index (κ2) is 3.91. The van der Waals surface area contributed by atoms with E-state index in [2.05, 4.69) is 19.9 Å². The van der Waals surface area contributed by atoms with Crippen molar-refractivity contribution in [3.8, 4) is 0 Å². The fourth-order valence-electron chi connectivity index (χ4n) is 1.07. The Hall–Kier alpha value is -1.84. The summed E-state index contributed by atoms with van der Waals surface area (Å²) < 4.78 is 0. The third-order valence-electron chi connectivity index (χ3n) is 1.77. The van der Waals surface area contributed by atoms with E-state index in [1.807, 2.05) is 6.92 Å². The molecule has 0 aliphatic carbocycles. The second-order valence-corrected chi connectivity index (χ2v) is 3.02. The molecule has 0 aliphatic rings. The minimum absolute atomic E-state index is 0.584. The van der Waals surface area contributed by atoms with Crippen LogP contribution in [0, 0.1) is 6.92 Å². The molecule has 0 unspecified atom stereocenters. The molecule has 2 rings (SSSR count). The van der Waals surface area contributed by atoms with Crippen molar-refractivity contribution in [1.29, 1.82) is 0 Å². The lowest BCUT2D eigenvalue weighted by Crippen LogP contribution is -2.00. The summed E-state index contributed by atoms with van der Waals surface area (Å²) in [5.41, 5.74) is 1.06. The zero-order chi connectivity index (χ0) is 9.80. The summed E-state index contributed by atoms with van der Waals surface area (Å²) in [4.78, 5) is 16.6. The molecule has 0 radical (unpaired) electrons. The molecule has 0 spiro atoms. The number of nitrogens with zero attached hydrogens (tertiary/aromatic N) is 4. The molecule has 4 heteroatoms. The summed E-state index contributed by atoms with van der Waals surface area (Å²) >= 11 is 0. The van der Waals surface area contributed by atoms with Crippen LogP contribution in [0.15, 0.2) is 30.9 Å². The number of hydrogen-bond acceptors (Lipinski definition) is 4. The van der Waals surface area contributed by atoms with Gasteiger partial charge in [-0.3, -0.25) is 0 Å². The van der Waals surface area contributed by atoms with Crippen LogP contribution in [0.3, 0.4) is 0 Å². The summed E-state index contributed by atoms with van der Waals surface area (Å²) in [7, 11) is 0. The summed E-state index contributed by atoms with van der Waals surface area (Å²) in [6.45, 7) is 1.96. The molecule has 14 heavy (non-hydrogen) atoms. The first kappa shape index (κ1) is 8.74. The number of aryl methyl sites for hydroxylation is 1. The van der Waals surface area contributed by atoms with Gasteiger partial charge in [-0.05, 0) is 18.6 Å². The molecular weight excluding hydrogens is 176 g/mol. The van der Waals surface area contributed by atoms with E-state index in [1.54, 1.807) is 30.9 Å². The minimum atomic E-state index is 0.584. The van der Waals surface area contributed by atoms with Crippen LogP contribution >= 0.6 is 0 Å². The van der Waals surface area contributed by atoms with Gasteiger partial charge >= 0.3 is 0 Å². The molecular formula is C10H10N4. The quantitative estimate of drug-likeness (QED) is 0.706. The smallest absolute Gasteiger partial charge is 0.135 e. The van der Waals surface area contributed by atoms with E-state index in [9.17, 15) is 0 Å². The van der Waals surface area contributed by atoms with E-state index in [4.69, 9.17) is 0 Å². The maximum Gasteiger partial charge on any atom is 0.135 e. The average molecular weight is 186 g/mol. The molecule has 0 aliphatic heterocycles. The van der Waals surface area contributed by atoms with Gasteiger partial charge in [0, 0.05) is 24.8 Å². The normalized spacial score (nSPS) is 10.1. The van der Waals surface area contributed by atoms with Crippen LogP contribution in [0.25, 0.3) is 0 Å². The topological polar surface area (TPSA) is 51.6 Å². The molecule has 0 fully saturated rings. The predicted molar refractivity (Wildman–Crippen MR) is 51.6 cm³/mol. The molecule has 4 nitrogen and oxygen atoms in total. The number of aromatic nitrogens is 4. The van der Waals surface area contributed by atoms with Crippen molar-refractivity contribution in [3.63, 3.8) is 0 Å². The molecule has 0 N–H and O–H groups in total. The standard InChI is InChI=1S/C10H10N4/c1-8-6-13-10(14-7-8)5-9-11-3-2-4-12-9/h2-4,6-7H,5H2,1H3. The van der Waals surface area contributed by atoms with Crippen molar-refractivity contribution < 1.29 is 0 Å². The zero-order valence-corrected chi connectivity index (χ0v) is 7.88. The highest BCUT2D eigenvalue weighted by Crippen LogP contribution is 1.98. The van der Waals surface area contributed by atoms with Gasteiger partial charge in [-0.1, -0.05) is 0 Å². The maximum atomic E-state index is 4.18. The van der Waals surface area contributed by atoms with E-state index in [1.165, 1.54) is 0 Å². The van der Waals surface area contributed by atoms with E-state index in [-0.39, 0.29) is 0 Å². The zero-order valence-electron chi connectivity index (χ0n) is 7.88. The fourth-order valence-corrected chi connectivity index (χ4v) is 1.07. The lowest BCUT2D eigenvalue weighted by Gasteiger charge is -1.98. The van der Waals surface area contributed by atoms with Crippen molar-refractivity contribution in [3.05, 3.63) is 48.1 Å². The Bertz CT molecular complexity index is 396. The van der Waals surface area contributed by atoms with E-state index in [0.29, 0.717) is 6.42 Å². The highest BCUT2D eigenvalue weighted by Gasteiger charge is 1.99.